The summed E-state index contributed by atoms with van der Waals surface area (Å²) in [6.07, 6.45) is 6.59. The van der Waals surface area contributed by atoms with Crippen molar-refractivity contribution in [3.05, 3.63) is 22.6 Å². The van der Waals surface area contributed by atoms with Gasteiger partial charge in [0.15, 0.2) is 5.65 Å². The number of hydrogen-bond donors (Lipinski definition) is 2. The van der Waals surface area contributed by atoms with Crippen LogP contribution in [0.3, 0.4) is 0 Å². The lowest BCUT2D eigenvalue weighted by Crippen LogP contribution is -2.33. The zero-order valence-corrected chi connectivity index (χ0v) is 13.2. The minimum Gasteiger partial charge on any atom is -0.349 e. The Balaban J connectivity index is 1.42. The molecule has 110 valence electrons. The predicted octanol–water partition coefficient (Wildman–Crippen LogP) is 2.77. The molecule has 2 aliphatic rings. The summed E-state index contributed by atoms with van der Waals surface area (Å²) in [5.74, 6) is 2.58. The number of H-pyrrole nitrogens is 1. The number of amides is 1. The normalized spacial score (nSPS) is 27.4. The van der Waals surface area contributed by atoms with E-state index in [1.54, 1.807) is 6.20 Å². The molecule has 0 aromatic carbocycles. The molecule has 0 aliphatic heterocycles. The third-order valence-electron chi connectivity index (χ3n) is 4.86. The van der Waals surface area contributed by atoms with E-state index in [-0.39, 0.29) is 11.8 Å². The monoisotopic (exact) mass is 348 g/mol. The zero-order valence-electron chi connectivity index (χ0n) is 11.6. The molecule has 3 atom stereocenters. The molecule has 2 N–H and O–H groups in total. The Kier molecular flexibility index (Phi) is 3.21. The topological polar surface area (TPSA) is 70.7 Å². The van der Waals surface area contributed by atoms with E-state index in [0.717, 1.165) is 28.2 Å². The van der Waals surface area contributed by atoms with Gasteiger partial charge in [0.1, 0.15) is 5.82 Å². The van der Waals surface area contributed by atoms with Gasteiger partial charge in [-0.25, -0.2) is 9.97 Å². The number of carbonyl (C=O) groups is 1. The van der Waals surface area contributed by atoms with Gasteiger partial charge in [0.25, 0.3) is 0 Å². The third-order valence-corrected chi connectivity index (χ3v) is 5.29. The number of fused-ring (bicyclic) bond motifs is 3. The summed E-state index contributed by atoms with van der Waals surface area (Å²) in [5.41, 5.74) is 1.57. The van der Waals surface area contributed by atoms with Crippen molar-refractivity contribution in [1.29, 1.82) is 0 Å². The number of pyridine rings is 1. The van der Waals surface area contributed by atoms with Gasteiger partial charge in [0.05, 0.1) is 12.1 Å². The summed E-state index contributed by atoms with van der Waals surface area (Å²) >= 11 is 3.39. The van der Waals surface area contributed by atoms with E-state index in [2.05, 4.69) is 36.2 Å². The maximum atomic E-state index is 12.3. The lowest BCUT2D eigenvalue weighted by Gasteiger charge is -2.20. The molecule has 2 saturated carbocycles. The fraction of sp³-hybridized carbons (Fsp3) is 0.533. The van der Waals surface area contributed by atoms with E-state index in [4.69, 9.17) is 0 Å². The Morgan fingerprint density at radius 1 is 1.43 bits per heavy atom. The zero-order chi connectivity index (χ0) is 14.4. The van der Waals surface area contributed by atoms with Crippen molar-refractivity contribution in [3.8, 4) is 0 Å². The lowest BCUT2D eigenvalue weighted by atomic mass is 9.88. The molecule has 2 aromatic heterocycles. The van der Waals surface area contributed by atoms with Crippen molar-refractivity contribution < 1.29 is 4.79 Å². The molecule has 2 bridgehead atoms. The van der Waals surface area contributed by atoms with Gasteiger partial charge >= 0.3 is 0 Å². The minimum atomic E-state index is 0.191. The van der Waals surface area contributed by atoms with Gasteiger partial charge in [-0.15, -0.1) is 0 Å². The highest BCUT2D eigenvalue weighted by Crippen LogP contribution is 2.48. The molecule has 2 aromatic rings. The van der Waals surface area contributed by atoms with Crippen molar-refractivity contribution in [3.63, 3.8) is 0 Å². The van der Waals surface area contributed by atoms with E-state index >= 15 is 0 Å². The molecule has 0 saturated heterocycles. The minimum absolute atomic E-state index is 0.191. The van der Waals surface area contributed by atoms with Crippen LogP contribution in [0.25, 0.3) is 11.2 Å². The SMILES string of the molecule is O=C(NCc1nc2ncc(Br)cc2[nH]1)C1CC2CCC1C2. The van der Waals surface area contributed by atoms with Gasteiger partial charge < -0.3 is 10.3 Å². The number of hydrogen-bond acceptors (Lipinski definition) is 3. The average Bonchev–Trinajstić information content (AvgIpc) is 3.18. The van der Waals surface area contributed by atoms with Gasteiger partial charge in [-0.2, -0.15) is 0 Å². The third kappa shape index (κ3) is 2.46. The molecule has 5 nitrogen and oxygen atoms in total. The van der Waals surface area contributed by atoms with Gasteiger partial charge in [-0.3, -0.25) is 4.79 Å². The summed E-state index contributed by atoms with van der Waals surface area (Å²) in [6.45, 7) is 0.445. The number of halogens is 1. The van der Waals surface area contributed by atoms with E-state index in [1.165, 1.54) is 19.3 Å². The molecule has 6 heteroatoms. The summed E-state index contributed by atoms with van der Waals surface area (Å²) in [5, 5.41) is 3.03. The molecule has 0 radical (unpaired) electrons. The van der Waals surface area contributed by atoms with E-state index in [9.17, 15) is 4.79 Å². The van der Waals surface area contributed by atoms with Gasteiger partial charge in [-0.05, 0) is 53.1 Å². The highest BCUT2D eigenvalue weighted by Gasteiger charge is 2.42. The second-order valence-electron chi connectivity index (χ2n) is 6.21. The Morgan fingerprint density at radius 3 is 3.10 bits per heavy atom. The van der Waals surface area contributed by atoms with Crippen molar-refractivity contribution >= 4 is 33.0 Å². The Hall–Kier alpha value is -1.43. The highest BCUT2D eigenvalue weighted by molar-refractivity contribution is 9.10. The van der Waals surface area contributed by atoms with Crippen LogP contribution in [0.4, 0.5) is 0 Å². The van der Waals surface area contributed by atoms with Gasteiger partial charge in [0, 0.05) is 16.6 Å². The van der Waals surface area contributed by atoms with Gasteiger partial charge in [0.2, 0.25) is 5.91 Å². The number of carbonyl (C=O) groups excluding carboxylic acids is 1. The smallest absolute Gasteiger partial charge is 0.223 e. The van der Waals surface area contributed by atoms with Crippen molar-refractivity contribution in [1.82, 2.24) is 20.3 Å². The summed E-state index contributed by atoms with van der Waals surface area (Å²) in [4.78, 5) is 24.1. The predicted molar refractivity (Wildman–Crippen MR) is 82.4 cm³/mol. The molecule has 4 rings (SSSR count). The van der Waals surface area contributed by atoms with Crippen LogP contribution in [0.1, 0.15) is 31.5 Å². The molecule has 1 amide bonds. The van der Waals surface area contributed by atoms with Crippen LogP contribution >= 0.6 is 15.9 Å². The van der Waals surface area contributed by atoms with Crippen LogP contribution in [0.15, 0.2) is 16.7 Å². The number of rotatable bonds is 3. The molecule has 21 heavy (non-hydrogen) atoms. The van der Waals surface area contributed by atoms with Crippen LogP contribution in [-0.2, 0) is 11.3 Å². The first-order chi connectivity index (χ1) is 10.2. The number of imidazole rings is 1. The number of aromatic nitrogens is 3. The second-order valence-corrected chi connectivity index (χ2v) is 7.12. The Labute approximate surface area is 131 Å². The first kappa shape index (κ1) is 13.2. The standard InChI is InChI=1S/C15H17BrN4O/c16-10-5-12-14(17-6-10)20-13(19-12)7-18-15(21)11-4-8-1-2-9(11)3-8/h5-6,8-9,11H,1-4,7H2,(H,18,21)(H,17,19,20). The maximum Gasteiger partial charge on any atom is 0.223 e. The van der Waals surface area contributed by atoms with Crippen molar-refractivity contribution in [2.24, 2.45) is 17.8 Å². The molecule has 2 fully saturated rings. The number of aromatic amines is 1. The molecule has 3 unspecified atom stereocenters. The lowest BCUT2D eigenvalue weighted by molar-refractivity contribution is -0.126. The molecule has 2 aliphatic carbocycles. The fourth-order valence-corrected chi connectivity index (χ4v) is 4.21. The molecular weight excluding hydrogens is 332 g/mol. The largest absolute Gasteiger partial charge is 0.349 e. The fourth-order valence-electron chi connectivity index (χ4n) is 3.88. The van der Waals surface area contributed by atoms with E-state index < -0.39 is 0 Å². The number of nitrogens with zero attached hydrogens (tertiary/aromatic N) is 2. The van der Waals surface area contributed by atoms with E-state index in [1.807, 2.05) is 6.07 Å². The van der Waals surface area contributed by atoms with Crippen molar-refractivity contribution in [2.75, 3.05) is 0 Å². The Morgan fingerprint density at radius 2 is 2.33 bits per heavy atom. The van der Waals surface area contributed by atoms with Gasteiger partial charge in [-0.1, -0.05) is 6.42 Å². The highest BCUT2D eigenvalue weighted by atomic mass is 79.9. The molecular formula is C15H17BrN4O. The quantitative estimate of drug-likeness (QED) is 0.895. The van der Waals surface area contributed by atoms with Crippen LogP contribution < -0.4 is 5.32 Å². The second kappa shape index (κ2) is 5.09. The summed E-state index contributed by atoms with van der Waals surface area (Å²) in [6, 6.07) is 1.94. The molecule has 2 heterocycles. The van der Waals surface area contributed by atoms with Crippen LogP contribution in [-0.4, -0.2) is 20.9 Å². The number of nitrogens with one attached hydrogen (secondary N) is 2. The first-order valence-electron chi connectivity index (χ1n) is 7.47. The summed E-state index contributed by atoms with van der Waals surface area (Å²) < 4.78 is 0.913. The maximum absolute atomic E-state index is 12.3. The first-order valence-corrected chi connectivity index (χ1v) is 8.26. The van der Waals surface area contributed by atoms with E-state index in [0.29, 0.717) is 18.1 Å². The Bertz CT molecular complexity index is 698. The summed E-state index contributed by atoms with van der Waals surface area (Å²) in [7, 11) is 0. The average molecular weight is 349 g/mol. The van der Waals surface area contributed by atoms with Crippen LogP contribution in [0, 0.1) is 17.8 Å². The van der Waals surface area contributed by atoms with Crippen LogP contribution in [0.5, 0.6) is 0 Å². The molecule has 0 spiro atoms. The van der Waals surface area contributed by atoms with Crippen LogP contribution in [0.2, 0.25) is 0 Å². The van der Waals surface area contributed by atoms with Crippen molar-refractivity contribution in [2.45, 2.75) is 32.2 Å².